The lowest BCUT2D eigenvalue weighted by atomic mass is 11.2. The van der Waals surface area contributed by atoms with Gasteiger partial charge in [0.2, 0.25) is 0 Å². The molecule has 3 nitrogen and oxygen atoms in total. The van der Waals surface area contributed by atoms with Crippen molar-refractivity contribution in [2.45, 2.75) is 6.55 Å². The monoisotopic (exact) mass is 164 g/mol. The van der Waals surface area contributed by atoms with Crippen LogP contribution in [-0.4, -0.2) is 50.0 Å². The van der Waals surface area contributed by atoms with Gasteiger partial charge in [0, 0.05) is 14.1 Å². The maximum absolute atomic E-state index is 5.33. The highest BCUT2D eigenvalue weighted by atomic mass is 28.3. The van der Waals surface area contributed by atoms with E-state index in [1.54, 1.807) is 5.06 Å². The lowest BCUT2D eigenvalue weighted by Gasteiger charge is -2.16. The van der Waals surface area contributed by atoms with Crippen molar-refractivity contribution in [3.8, 4) is 0 Å². The van der Waals surface area contributed by atoms with E-state index >= 15 is 0 Å². The van der Waals surface area contributed by atoms with Gasteiger partial charge in [-0.2, -0.15) is 0 Å². The Morgan fingerprint density at radius 1 is 1.22 bits per heavy atom. The van der Waals surface area contributed by atoms with Crippen LogP contribution in [0, 0.1) is 0 Å². The van der Waals surface area contributed by atoms with Crippen molar-refractivity contribution in [3.63, 3.8) is 0 Å². The molecule has 56 valence electrons. The highest BCUT2D eigenvalue weighted by Crippen LogP contribution is 1.78. The molecule has 0 saturated carbocycles. The van der Waals surface area contributed by atoms with Crippen LogP contribution in [0.1, 0.15) is 0 Å². The molecule has 0 aromatic rings. The minimum Gasteiger partial charge on any atom is -0.336 e. The van der Waals surface area contributed by atoms with E-state index in [0.717, 1.165) is 0 Å². The Hall–Kier alpha value is 0.314. The molecule has 0 rings (SSSR count). The van der Waals surface area contributed by atoms with Gasteiger partial charge in [0.25, 0.3) is 9.92 Å². The van der Waals surface area contributed by atoms with Gasteiger partial charge < -0.3 is 8.76 Å². The average molecular weight is 164 g/mol. The summed E-state index contributed by atoms with van der Waals surface area (Å²) in [5.41, 5.74) is 0. The fourth-order valence-corrected chi connectivity index (χ4v) is 1.71. The number of hydroxylamine groups is 2. The molecular formula is C4H16N2OSi2. The van der Waals surface area contributed by atoms with E-state index in [2.05, 4.69) is 17.8 Å². The lowest BCUT2D eigenvalue weighted by molar-refractivity contribution is -0.00622. The van der Waals surface area contributed by atoms with Crippen LogP contribution in [0.3, 0.4) is 0 Å². The first-order chi connectivity index (χ1) is 4.16. The van der Waals surface area contributed by atoms with E-state index in [4.69, 9.17) is 4.53 Å². The smallest absolute Gasteiger partial charge is 0.258 e. The van der Waals surface area contributed by atoms with Crippen LogP contribution in [0.2, 0.25) is 6.55 Å². The summed E-state index contributed by atoms with van der Waals surface area (Å²) in [5.74, 6) is 0. The van der Waals surface area contributed by atoms with Crippen molar-refractivity contribution < 1.29 is 4.53 Å². The van der Waals surface area contributed by atoms with Gasteiger partial charge in [-0.15, -0.1) is 0 Å². The number of hydrogen-bond donors (Lipinski definition) is 0. The predicted octanol–water partition coefficient (Wildman–Crippen LogP) is -1.46. The molecule has 0 N–H and O–H groups in total. The van der Waals surface area contributed by atoms with Gasteiger partial charge >= 0.3 is 0 Å². The fraction of sp³-hybridized carbons (Fsp3) is 1.00. The molecule has 0 atom stereocenters. The van der Waals surface area contributed by atoms with Gasteiger partial charge in [0.1, 0.15) is 0 Å². The largest absolute Gasteiger partial charge is 0.336 e. The Balaban J connectivity index is 3.06. The van der Waals surface area contributed by atoms with Crippen LogP contribution >= 0.6 is 0 Å². The van der Waals surface area contributed by atoms with Crippen molar-refractivity contribution in [1.82, 2.24) is 9.29 Å². The third-order valence-electron chi connectivity index (χ3n) is 1.08. The zero-order chi connectivity index (χ0) is 7.28. The fourth-order valence-electron chi connectivity index (χ4n) is 0.305. The van der Waals surface area contributed by atoms with Gasteiger partial charge in [-0.05, 0) is 7.05 Å². The molecule has 0 unspecified atom stereocenters. The molecule has 0 aliphatic heterocycles. The van der Waals surface area contributed by atoms with Gasteiger partial charge in [0.15, 0.2) is 0 Å². The molecule has 0 aromatic carbocycles. The van der Waals surface area contributed by atoms with Crippen molar-refractivity contribution in [3.05, 3.63) is 0 Å². The Morgan fingerprint density at radius 3 is 2.11 bits per heavy atom. The van der Waals surface area contributed by atoms with Gasteiger partial charge in [-0.25, -0.2) is 5.06 Å². The molecular weight excluding hydrogens is 148 g/mol. The summed E-state index contributed by atoms with van der Waals surface area (Å²) >= 11 is 0. The molecule has 0 amide bonds. The Kier molecular flexibility index (Phi) is 5.31. The molecule has 0 bridgehead atoms. The van der Waals surface area contributed by atoms with E-state index in [9.17, 15) is 0 Å². The molecule has 5 heteroatoms. The molecule has 0 heterocycles. The molecule has 0 spiro atoms. The van der Waals surface area contributed by atoms with Gasteiger partial charge in [0.05, 0.1) is 9.68 Å². The van der Waals surface area contributed by atoms with Crippen LogP contribution in [-0.2, 0) is 4.53 Å². The highest BCUT2D eigenvalue weighted by Gasteiger charge is 1.95. The van der Waals surface area contributed by atoms with E-state index in [1.165, 1.54) is 0 Å². The molecule has 0 saturated heterocycles. The first-order valence-electron chi connectivity index (χ1n) is 3.15. The SMILES string of the molecule is C[SiH2]N(C)[SiH2]ON(C)C. The molecule has 0 fully saturated rings. The van der Waals surface area contributed by atoms with E-state index in [0.29, 0.717) is 0 Å². The quantitative estimate of drug-likeness (QED) is 0.373. The summed E-state index contributed by atoms with van der Waals surface area (Å²) in [5, 5.41) is 1.78. The second-order valence-corrected chi connectivity index (χ2v) is 6.45. The van der Waals surface area contributed by atoms with Crippen molar-refractivity contribution in [1.29, 1.82) is 0 Å². The molecule has 0 radical (unpaired) electrons. The lowest BCUT2D eigenvalue weighted by Crippen LogP contribution is -2.31. The summed E-state index contributed by atoms with van der Waals surface area (Å²) in [4.78, 5) is 0. The van der Waals surface area contributed by atoms with Crippen LogP contribution in [0.15, 0.2) is 0 Å². The van der Waals surface area contributed by atoms with Gasteiger partial charge in [-0.3, -0.25) is 0 Å². The summed E-state index contributed by atoms with van der Waals surface area (Å²) in [6, 6.07) is 0. The third-order valence-corrected chi connectivity index (χ3v) is 5.12. The van der Waals surface area contributed by atoms with Crippen molar-refractivity contribution >= 4 is 19.6 Å². The number of rotatable bonds is 4. The normalized spacial score (nSPS) is 14.0. The van der Waals surface area contributed by atoms with Gasteiger partial charge in [-0.1, -0.05) is 6.55 Å². The first-order valence-corrected chi connectivity index (χ1v) is 6.41. The molecule has 0 aliphatic rings. The van der Waals surface area contributed by atoms with E-state index < -0.39 is 9.92 Å². The standard InChI is InChI=1S/C4H16N2OSi2/c1-5(2)7-9-6(3)8-4/h8-9H2,1-4H3. The van der Waals surface area contributed by atoms with E-state index in [1.807, 2.05) is 14.1 Å². The van der Waals surface area contributed by atoms with E-state index in [-0.39, 0.29) is 9.68 Å². The molecule has 0 aliphatic carbocycles. The third kappa shape index (κ3) is 6.20. The maximum Gasteiger partial charge on any atom is 0.258 e. The summed E-state index contributed by atoms with van der Waals surface area (Å²) in [6.45, 7) is 2.27. The van der Waals surface area contributed by atoms with Crippen LogP contribution in [0.25, 0.3) is 0 Å². The first kappa shape index (κ1) is 9.31. The van der Waals surface area contributed by atoms with Crippen molar-refractivity contribution in [2.75, 3.05) is 21.1 Å². The zero-order valence-corrected chi connectivity index (χ0v) is 9.55. The van der Waals surface area contributed by atoms with Crippen LogP contribution in [0.4, 0.5) is 0 Å². The van der Waals surface area contributed by atoms with Crippen LogP contribution in [0.5, 0.6) is 0 Å². The zero-order valence-electron chi connectivity index (χ0n) is 6.72. The second-order valence-electron chi connectivity index (χ2n) is 2.24. The minimum atomic E-state index is -0.391. The minimum absolute atomic E-state index is 0.0388. The topological polar surface area (TPSA) is 15.7 Å². The second kappa shape index (κ2) is 5.13. The predicted molar refractivity (Wildman–Crippen MR) is 45.5 cm³/mol. The Morgan fingerprint density at radius 2 is 1.78 bits per heavy atom. The Labute approximate surface area is 61.9 Å². The Bertz CT molecular complexity index is 71.6. The number of hydrogen-bond acceptors (Lipinski definition) is 3. The highest BCUT2D eigenvalue weighted by molar-refractivity contribution is 6.45. The number of nitrogens with zero attached hydrogens (tertiary/aromatic N) is 2. The molecule has 0 aromatic heterocycles. The average Bonchev–Trinajstić information content (AvgIpc) is 1.83. The maximum atomic E-state index is 5.33. The molecule has 9 heavy (non-hydrogen) atoms. The summed E-state index contributed by atoms with van der Waals surface area (Å²) in [7, 11) is 5.65. The van der Waals surface area contributed by atoms with Crippen molar-refractivity contribution in [2.24, 2.45) is 0 Å². The van der Waals surface area contributed by atoms with Crippen LogP contribution < -0.4 is 0 Å². The summed E-state index contributed by atoms with van der Waals surface area (Å²) < 4.78 is 7.69. The summed E-state index contributed by atoms with van der Waals surface area (Å²) in [6.07, 6.45) is 0.